The molecule has 104 valence electrons. The number of hydrogen-bond acceptors (Lipinski definition) is 4. The van der Waals surface area contributed by atoms with Crippen molar-refractivity contribution in [2.45, 2.75) is 26.8 Å². The Kier molecular flexibility index (Phi) is 4.59. The van der Waals surface area contributed by atoms with Gasteiger partial charge in [-0.3, -0.25) is 4.68 Å². The van der Waals surface area contributed by atoms with Crippen molar-refractivity contribution in [2.24, 2.45) is 0 Å². The third-order valence-corrected chi connectivity index (χ3v) is 3.21. The number of nitrogens with zero attached hydrogens (tertiary/aromatic N) is 4. The summed E-state index contributed by atoms with van der Waals surface area (Å²) < 4.78 is 1.99. The number of rotatable bonds is 5. The van der Waals surface area contributed by atoms with Crippen LogP contribution < -0.4 is 5.32 Å². The molecule has 0 fully saturated rings. The average Bonchev–Trinajstić information content (AvgIpc) is 2.75. The fraction of sp³-hybridized carbons (Fsp3) is 0.357. The van der Waals surface area contributed by atoms with Crippen LogP contribution in [0.3, 0.4) is 0 Å². The lowest BCUT2D eigenvalue weighted by atomic mass is 10.3. The van der Waals surface area contributed by atoms with Gasteiger partial charge in [-0.15, -0.1) is 0 Å². The number of halogens is 1. The molecular formula is C14H16ClN5. The molecule has 2 heterocycles. The molecule has 5 nitrogen and oxygen atoms in total. The molecular weight excluding hydrogens is 274 g/mol. The number of nitriles is 1. The smallest absolute Gasteiger partial charge is 0.161 e. The van der Waals surface area contributed by atoms with Crippen LogP contribution in [0.2, 0.25) is 5.02 Å². The largest absolute Gasteiger partial charge is 0.370 e. The zero-order valence-electron chi connectivity index (χ0n) is 11.5. The van der Waals surface area contributed by atoms with E-state index in [1.54, 1.807) is 12.1 Å². The van der Waals surface area contributed by atoms with E-state index in [0.29, 0.717) is 10.8 Å². The van der Waals surface area contributed by atoms with Crippen LogP contribution in [0.25, 0.3) is 0 Å². The van der Waals surface area contributed by atoms with Crippen LogP contribution >= 0.6 is 11.6 Å². The Morgan fingerprint density at radius 3 is 2.85 bits per heavy atom. The quantitative estimate of drug-likeness (QED) is 0.860. The van der Waals surface area contributed by atoms with Crippen LogP contribution in [0, 0.1) is 25.2 Å². The van der Waals surface area contributed by atoms with E-state index in [0.717, 1.165) is 25.2 Å². The van der Waals surface area contributed by atoms with Gasteiger partial charge in [-0.25, -0.2) is 4.98 Å². The predicted molar refractivity (Wildman–Crippen MR) is 78.8 cm³/mol. The number of anilines is 1. The van der Waals surface area contributed by atoms with Gasteiger partial charge in [0.1, 0.15) is 11.9 Å². The number of aryl methyl sites for hydroxylation is 3. The molecule has 2 aromatic heterocycles. The molecule has 1 N–H and O–H groups in total. The Morgan fingerprint density at radius 2 is 2.20 bits per heavy atom. The summed E-state index contributed by atoms with van der Waals surface area (Å²) in [6.45, 7) is 5.65. The van der Waals surface area contributed by atoms with Gasteiger partial charge in [0.2, 0.25) is 0 Å². The minimum absolute atomic E-state index is 0.246. The van der Waals surface area contributed by atoms with Gasteiger partial charge in [0.05, 0.1) is 10.7 Å². The highest BCUT2D eigenvalue weighted by atomic mass is 35.5. The molecule has 0 aliphatic heterocycles. The van der Waals surface area contributed by atoms with Crippen molar-refractivity contribution in [1.82, 2.24) is 14.8 Å². The zero-order chi connectivity index (χ0) is 14.5. The van der Waals surface area contributed by atoms with Crippen molar-refractivity contribution in [3.63, 3.8) is 0 Å². The Bertz CT molecular complexity index is 641. The minimum atomic E-state index is 0.246. The molecule has 0 bridgehead atoms. The maximum Gasteiger partial charge on any atom is 0.161 e. The van der Waals surface area contributed by atoms with Gasteiger partial charge >= 0.3 is 0 Å². The number of hydrogen-bond donors (Lipinski definition) is 1. The summed E-state index contributed by atoms with van der Waals surface area (Å²) in [4.78, 5) is 4.13. The minimum Gasteiger partial charge on any atom is -0.370 e. The lowest BCUT2D eigenvalue weighted by molar-refractivity contribution is 0.573. The normalized spacial score (nSPS) is 10.3. The molecule has 20 heavy (non-hydrogen) atoms. The Morgan fingerprint density at radius 1 is 1.40 bits per heavy atom. The second kappa shape index (κ2) is 6.40. The third kappa shape index (κ3) is 3.49. The molecule has 0 aliphatic rings. The van der Waals surface area contributed by atoms with E-state index in [9.17, 15) is 0 Å². The highest BCUT2D eigenvalue weighted by Crippen LogP contribution is 2.15. The average molecular weight is 290 g/mol. The molecule has 0 saturated heterocycles. The Labute approximate surface area is 123 Å². The van der Waals surface area contributed by atoms with Crippen LogP contribution in [0.1, 0.15) is 23.5 Å². The number of nitrogens with one attached hydrogen (secondary N) is 1. The molecule has 0 radical (unpaired) electrons. The Balaban J connectivity index is 1.85. The molecule has 0 spiro atoms. The topological polar surface area (TPSA) is 66.5 Å². The fourth-order valence-corrected chi connectivity index (χ4v) is 2.11. The SMILES string of the molecule is Cc1cc(C)n(CCCNc2ccc(Cl)c(C#N)n2)n1. The number of aromatic nitrogens is 3. The first-order chi connectivity index (χ1) is 9.60. The fourth-order valence-electron chi connectivity index (χ4n) is 1.97. The van der Waals surface area contributed by atoms with Crippen LogP contribution in [-0.4, -0.2) is 21.3 Å². The van der Waals surface area contributed by atoms with E-state index in [1.807, 2.05) is 24.6 Å². The summed E-state index contributed by atoms with van der Waals surface area (Å²) in [7, 11) is 0. The summed E-state index contributed by atoms with van der Waals surface area (Å²) in [6, 6.07) is 7.48. The van der Waals surface area contributed by atoms with Crippen LogP contribution in [0.4, 0.5) is 5.82 Å². The maximum absolute atomic E-state index is 8.86. The Hall–Kier alpha value is -2.06. The monoisotopic (exact) mass is 289 g/mol. The van der Waals surface area contributed by atoms with Gasteiger partial charge in [0, 0.05) is 18.8 Å². The molecule has 0 saturated carbocycles. The van der Waals surface area contributed by atoms with Crippen molar-refractivity contribution in [2.75, 3.05) is 11.9 Å². The molecule has 2 aromatic rings. The van der Waals surface area contributed by atoms with E-state index in [-0.39, 0.29) is 5.69 Å². The highest BCUT2D eigenvalue weighted by Gasteiger charge is 2.03. The van der Waals surface area contributed by atoms with Crippen molar-refractivity contribution in [3.8, 4) is 6.07 Å². The summed E-state index contributed by atoms with van der Waals surface area (Å²) in [5.41, 5.74) is 2.45. The van der Waals surface area contributed by atoms with Crippen molar-refractivity contribution in [3.05, 3.63) is 40.3 Å². The molecule has 2 rings (SSSR count). The molecule has 0 unspecified atom stereocenters. The highest BCUT2D eigenvalue weighted by molar-refractivity contribution is 6.31. The first-order valence-corrected chi connectivity index (χ1v) is 6.79. The van der Waals surface area contributed by atoms with Gasteiger partial charge < -0.3 is 5.32 Å². The molecule has 0 aromatic carbocycles. The first kappa shape index (κ1) is 14.4. The third-order valence-electron chi connectivity index (χ3n) is 2.91. The van der Waals surface area contributed by atoms with E-state index in [4.69, 9.17) is 16.9 Å². The standard InChI is InChI=1S/C14H16ClN5/c1-10-8-11(2)20(19-10)7-3-6-17-14-5-4-12(15)13(9-16)18-14/h4-5,8H,3,6-7H2,1-2H3,(H,17,18). The second-order valence-electron chi connectivity index (χ2n) is 4.57. The predicted octanol–water partition coefficient (Wildman–Crippen LogP) is 2.92. The summed E-state index contributed by atoms with van der Waals surface area (Å²) >= 11 is 5.83. The van der Waals surface area contributed by atoms with E-state index < -0.39 is 0 Å². The summed E-state index contributed by atoms with van der Waals surface area (Å²) in [6.07, 6.45) is 0.925. The van der Waals surface area contributed by atoms with Crippen molar-refractivity contribution >= 4 is 17.4 Å². The lowest BCUT2D eigenvalue weighted by Gasteiger charge is -2.07. The van der Waals surface area contributed by atoms with E-state index >= 15 is 0 Å². The van der Waals surface area contributed by atoms with Crippen LogP contribution in [0.15, 0.2) is 18.2 Å². The van der Waals surface area contributed by atoms with Gasteiger partial charge in [-0.2, -0.15) is 10.4 Å². The van der Waals surface area contributed by atoms with E-state index in [1.165, 1.54) is 5.69 Å². The molecule has 0 amide bonds. The van der Waals surface area contributed by atoms with Crippen molar-refractivity contribution < 1.29 is 0 Å². The molecule has 0 aliphatic carbocycles. The maximum atomic E-state index is 8.86. The number of pyridine rings is 1. The summed E-state index contributed by atoms with van der Waals surface area (Å²) in [5, 5.41) is 16.8. The van der Waals surface area contributed by atoms with Gasteiger partial charge in [0.25, 0.3) is 0 Å². The first-order valence-electron chi connectivity index (χ1n) is 6.41. The molecule has 6 heteroatoms. The van der Waals surface area contributed by atoms with Crippen LogP contribution in [0.5, 0.6) is 0 Å². The summed E-state index contributed by atoms with van der Waals surface area (Å²) in [5.74, 6) is 0.666. The van der Waals surface area contributed by atoms with Crippen molar-refractivity contribution in [1.29, 1.82) is 5.26 Å². The van der Waals surface area contributed by atoms with E-state index in [2.05, 4.69) is 21.5 Å². The van der Waals surface area contributed by atoms with Gasteiger partial charge in [0.15, 0.2) is 5.69 Å². The van der Waals surface area contributed by atoms with Crippen LogP contribution in [-0.2, 0) is 6.54 Å². The van der Waals surface area contributed by atoms with Gasteiger partial charge in [-0.05, 0) is 38.5 Å². The molecule has 0 atom stereocenters. The lowest BCUT2D eigenvalue weighted by Crippen LogP contribution is -2.10. The second-order valence-corrected chi connectivity index (χ2v) is 4.98. The van der Waals surface area contributed by atoms with Gasteiger partial charge in [-0.1, -0.05) is 11.6 Å². The zero-order valence-corrected chi connectivity index (χ0v) is 12.3.